The molecule has 3 heterocycles. The van der Waals surface area contributed by atoms with Gasteiger partial charge in [0.05, 0.1) is 27.7 Å². The van der Waals surface area contributed by atoms with Crippen molar-refractivity contribution in [2.24, 2.45) is 0 Å². The summed E-state index contributed by atoms with van der Waals surface area (Å²) >= 11 is 0. The van der Waals surface area contributed by atoms with Gasteiger partial charge in [-0.1, -0.05) is 72.8 Å². The SMILES string of the molecule is N#Cc1cccnc1-c1ccc(-c2cccc(-n3c4ccccc4c4c5oc6ccccc6c5ccc43)c2)cc1. The molecule has 0 fully saturated rings. The molecule has 3 aromatic heterocycles. The first-order valence-corrected chi connectivity index (χ1v) is 13.2. The topological polar surface area (TPSA) is 54.8 Å². The summed E-state index contributed by atoms with van der Waals surface area (Å²) in [7, 11) is 0. The summed E-state index contributed by atoms with van der Waals surface area (Å²) in [6, 6.07) is 43.8. The second kappa shape index (κ2) is 8.69. The highest BCUT2D eigenvalue weighted by atomic mass is 16.3. The fraction of sp³-hybridized carbons (Fsp3) is 0. The third-order valence-corrected chi connectivity index (χ3v) is 7.70. The van der Waals surface area contributed by atoms with Gasteiger partial charge in [0.1, 0.15) is 17.2 Å². The zero-order valence-electron chi connectivity index (χ0n) is 21.4. The zero-order chi connectivity index (χ0) is 26.6. The molecule has 8 rings (SSSR count). The number of para-hydroxylation sites is 2. The van der Waals surface area contributed by atoms with Gasteiger partial charge in [-0.05, 0) is 59.7 Å². The fourth-order valence-corrected chi connectivity index (χ4v) is 5.88. The van der Waals surface area contributed by atoms with Crippen LogP contribution in [0.5, 0.6) is 0 Å². The van der Waals surface area contributed by atoms with Crippen molar-refractivity contribution in [1.29, 1.82) is 5.26 Å². The summed E-state index contributed by atoms with van der Waals surface area (Å²) in [5, 5.41) is 14.0. The molecule has 0 aliphatic rings. The number of aromatic nitrogens is 2. The lowest BCUT2D eigenvalue weighted by Crippen LogP contribution is -1.94. The van der Waals surface area contributed by atoms with Crippen LogP contribution in [0.1, 0.15) is 5.56 Å². The van der Waals surface area contributed by atoms with Gasteiger partial charge in [-0.2, -0.15) is 5.26 Å². The molecule has 0 spiro atoms. The van der Waals surface area contributed by atoms with Crippen LogP contribution in [0.15, 0.2) is 132 Å². The maximum Gasteiger partial charge on any atom is 0.145 e. The van der Waals surface area contributed by atoms with Gasteiger partial charge in [-0.3, -0.25) is 4.98 Å². The third kappa shape index (κ3) is 3.28. The van der Waals surface area contributed by atoms with Crippen LogP contribution in [0.3, 0.4) is 0 Å². The van der Waals surface area contributed by atoms with E-state index in [4.69, 9.17) is 4.42 Å². The third-order valence-electron chi connectivity index (χ3n) is 7.70. The van der Waals surface area contributed by atoms with Crippen molar-refractivity contribution in [3.05, 3.63) is 133 Å². The number of hydrogen-bond donors (Lipinski definition) is 0. The summed E-state index contributed by atoms with van der Waals surface area (Å²) in [4.78, 5) is 4.43. The molecule has 0 saturated heterocycles. The number of pyridine rings is 1. The predicted molar refractivity (Wildman–Crippen MR) is 161 cm³/mol. The lowest BCUT2D eigenvalue weighted by Gasteiger charge is -2.11. The van der Waals surface area contributed by atoms with Crippen LogP contribution in [-0.4, -0.2) is 9.55 Å². The van der Waals surface area contributed by atoms with Gasteiger partial charge >= 0.3 is 0 Å². The van der Waals surface area contributed by atoms with Gasteiger partial charge in [-0.15, -0.1) is 0 Å². The number of hydrogen-bond acceptors (Lipinski definition) is 3. The summed E-state index contributed by atoms with van der Waals surface area (Å²) in [6.07, 6.45) is 1.72. The zero-order valence-corrected chi connectivity index (χ0v) is 21.4. The lowest BCUT2D eigenvalue weighted by molar-refractivity contribution is 0.673. The van der Waals surface area contributed by atoms with Crippen LogP contribution in [0.2, 0.25) is 0 Å². The summed E-state index contributed by atoms with van der Waals surface area (Å²) in [6.45, 7) is 0. The smallest absolute Gasteiger partial charge is 0.145 e. The highest BCUT2D eigenvalue weighted by Crippen LogP contribution is 2.40. The largest absolute Gasteiger partial charge is 0.455 e. The Labute approximate surface area is 230 Å². The minimum Gasteiger partial charge on any atom is -0.455 e. The van der Waals surface area contributed by atoms with Crippen molar-refractivity contribution in [1.82, 2.24) is 9.55 Å². The molecule has 40 heavy (non-hydrogen) atoms. The maximum absolute atomic E-state index is 9.48. The summed E-state index contributed by atoms with van der Waals surface area (Å²) in [5.74, 6) is 0. The van der Waals surface area contributed by atoms with Crippen molar-refractivity contribution < 1.29 is 4.42 Å². The second-order valence-electron chi connectivity index (χ2n) is 9.93. The molecular weight excluding hydrogens is 490 g/mol. The van der Waals surface area contributed by atoms with Gasteiger partial charge in [0.2, 0.25) is 0 Å². The van der Waals surface area contributed by atoms with Crippen LogP contribution in [0.25, 0.3) is 71.8 Å². The molecule has 0 unspecified atom stereocenters. The van der Waals surface area contributed by atoms with E-state index in [0.717, 1.165) is 60.7 Å². The van der Waals surface area contributed by atoms with E-state index in [2.05, 4.69) is 101 Å². The minimum absolute atomic E-state index is 0.571. The van der Waals surface area contributed by atoms with Gasteiger partial charge in [0.25, 0.3) is 0 Å². The molecule has 0 radical (unpaired) electrons. The van der Waals surface area contributed by atoms with E-state index in [1.165, 1.54) is 5.39 Å². The minimum atomic E-state index is 0.571. The molecule has 0 aliphatic carbocycles. The Kier molecular flexibility index (Phi) is 4.85. The Balaban J connectivity index is 1.30. The normalized spacial score (nSPS) is 11.5. The van der Waals surface area contributed by atoms with Crippen LogP contribution in [-0.2, 0) is 0 Å². The summed E-state index contributed by atoms with van der Waals surface area (Å²) in [5.41, 5.74) is 9.56. The fourth-order valence-electron chi connectivity index (χ4n) is 5.88. The van der Waals surface area contributed by atoms with Crippen molar-refractivity contribution >= 4 is 43.7 Å². The number of fused-ring (bicyclic) bond motifs is 7. The van der Waals surface area contributed by atoms with E-state index in [-0.39, 0.29) is 0 Å². The maximum atomic E-state index is 9.48. The van der Waals surface area contributed by atoms with E-state index in [1.807, 2.05) is 24.3 Å². The van der Waals surface area contributed by atoms with Crippen LogP contribution in [0.4, 0.5) is 0 Å². The number of rotatable bonds is 3. The van der Waals surface area contributed by atoms with Crippen LogP contribution < -0.4 is 0 Å². The van der Waals surface area contributed by atoms with Crippen molar-refractivity contribution in [3.8, 4) is 34.1 Å². The Morgan fingerprint density at radius 3 is 2.30 bits per heavy atom. The Bertz CT molecular complexity index is 2280. The average Bonchev–Trinajstić information content (AvgIpc) is 3.57. The molecule has 4 heteroatoms. The standard InChI is InChI=1S/C36H21N3O/c37-22-26-8-6-20-38-35(26)24-16-14-23(15-17-24)25-7-5-9-27(21-25)39-31-12-3-1-11-30(31)34-32(39)19-18-29-28-10-2-4-13-33(28)40-36(29)34/h1-21H. The number of benzene rings is 5. The Hall–Kier alpha value is -5.66. The molecule has 8 aromatic rings. The quantitative estimate of drug-likeness (QED) is 0.237. The first-order valence-electron chi connectivity index (χ1n) is 13.2. The van der Waals surface area contributed by atoms with Crippen molar-refractivity contribution in [2.75, 3.05) is 0 Å². The molecule has 0 N–H and O–H groups in total. The van der Waals surface area contributed by atoms with Crippen molar-refractivity contribution in [3.63, 3.8) is 0 Å². The van der Waals surface area contributed by atoms with E-state index in [9.17, 15) is 5.26 Å². The highest BCUT2D eigenvalue weighted by Gasteiger charge is 2.18. The van der Waals surface area contributed by atoms with Crippen LogP contribution in [0, 0.1) is 11.3 Å². The van der Waals surface area contributed by atoms with E-state index in [0.29, 0.717) is 11.3 Å². The Morgan fingerprint density at radius 2 is 1.43 bits per heavy atom. The van der Waals surface area contributed by atoms with Gasteiger partial charge in [-0.25, -0.2) is 0 Å². The molecule has 0 amide bonds. The van der Waals surface area contributed by atoms with Crippen molar-refractivity contribution in [2.45, 2.75) is 0 Å². The van der Waals surface area contributed by atoms with E-state index < -0.39 is 0 Å². The Morgan fingerprint density at radius 1 is 0.625 bits per heavy atom. The number of nitrogens with zero attached hydrogens (tertiary/aromatic N) is 3. The molecule has 0 saturated carbocycles. The monoisotopic (exact) mass is 511 g/mol. The molecular formula is C36H21N3O. The second-order valence-corrected chi connectivity index (χ2v) is 9.93. The number of furan rings is 1. The first-order chi connectivity index (χ1) is 19.8. The average molecular weight is 512 g/mol. The highest BCUT2D eigenvalue weighted by molar-refractivity contribution is 6.23. The van der Waals surface area contributed by atoms with E-state index >= 15 is 0 Å². The molecule has 186 valence electrons. The molecule has 0 atom stereocenters. The summed E-state index contributed by atoms with van der Waals surface area (Å²) < 4.78 is 8.76. The first kappa shape index (κ1) is 22.3. The van der Waals surface area contributed by atoms with E-state index in [1.54, 1.807) is 18.3 Å². The van der Waals surface area contributed by atoms with Gasteiger partial charge < -0.3 is 8.98 Å². The van der Waals surface area contributed by atoms with Crippen LogP contribution >= 0.6 is 0 Å². The van der Waals surface area contributed by atoms with Gasteiger partial charge in [0, 0.05) is 33.6 Å². The molecule has 0 aliphatic heterocycles. The van der Waals surface area contributed by atoms with Gasteiger partial charge in [0.15, 0.2) is 0 Å². The molecule has 0 bridgehead atoms. The molecule has 4 nitrogen and oxygen atoms in total. The molecule has 5 aromatic carbocycles. The lowest BCUT2D eigenvalue weighted by atomic mass is 10.0. The predicted octanol–water partition coefficient (Wildman–Crippen LogP) is 9.28. The number of nitriles is 1.